The number of phenolic OH excluding ortho intramolecular Hbond substituents is 1. The molecule has 5 nitrogen and oxygen atoms in total. The van der Waals surface area contributed by atoms with Gasteiger partial charge in [0.2, 0.25) is 10.0 Å². The van der Waals surface area contributed by atoms with E-state index in [0.717, 1.165) is 0 Å². The summed E-state index contributed by atoms with van der Waals surface area (Å²) in [4.78, 5) is 0. The number of sulfonamides is 1. The quantitative estimate of drug-likeness (QED) is 0.779. The van der Waals surface area contributed by atoms with Crippen molar-refractivity contribution in [3.05, 3.63) is 24.3 Å². The van der Waals surface area contributed by atoms with Crippen LogP contribution in [-0.2, 0) is 14.8 Å². The number of ether oxygens (including phenoxy) is 1. The lowest BCUT2D eigenvalue weighted by Crippen LogP contribution is -2.29. The Balaban J connectivity index is 2.78. The number of rotatable bonds is 6. The molecule has 0 aliphatic heterocycles. The van der Waals surface area contributed by atoms with Gasteiger partial charge < -0.3 is 9.84 Å². The minimum absolute atomic E-state index is 0.0208. The fourth-order valence-electron chi connectivity index (χ4n) is 1.37. The van der Waals surface area contributed by atoms with Crippen molar-refractivity contribution in [1.29, 1.82) is 0 Å². The van der Waals surface area contributed by atoms with E-state index in [2.05, 4.69) is 0 Å². The zero-order valence-electron chi connectivity index (χ0n) is 9.96. The molecule has 1 aromatic rings. The molecular formula is C11H17NO4S. The lowest BCUT2D eigenvalue weighted by Gasteiger charge is -2.19. The number of phenols is 1. The summed E-state index contributed by atoms with van der Waals surface area (Å²) in [6.07, 6.45) is 0.446. The van der Waals surface area contributed by atoms with Gasteiger partial charge in [-0.25, -0.2) is 8.42 Å². The van der Waals surface area contributed by atoms with Gasteiger partial charge in [0.15, 0.2) is 0 Å². The second-order valence-corrected chi connectivity index (χ2v) is 5.77. The molecule has 0 unspecified atom stereocenters. The third-order valence-electron chi connectivity index (χ3n) is 2.36. The number of methoxy groups -OCH3 is 1. The highest BCUT2D eigenvalue weighted by Crippen LogP contribution is 2.21. The van der Waals surface area contributed by atoms with Crippen LogP contribution in [0.3, 0.4) is 0 Å². The van der Waals surface area contributed by atoms with Crippen LogP contribution in [0.2, 0.25) is 0 Å². The van der Waals surface area contributed by atoms with Gasteiger partial charge >= 0.3 is 0 Å². The maximum absolute atomic E-state index is 11.9. The van der Waals surface area contributed by atoms with Crippen LogP contribution in [-0.4, -0.2) is 40.0 Å². The molecule has 1 N–H and O–H groups in total. The molecule has 0 aliphatic carbocycles. The molecule has 0 atom stereocenters. The number of aromatic hydroxyl groups is 1. The fourth-order valence-corrected chi connectivity index (χ4v) is 2.56. The Labute approximate surface area is 102 Å². The Hall–Kier alpha value is -1.27. The maximum atomic E-state index is 11.9. The predicted molar refractivity (Wildman–Crippen MR) is 66.8 cm³/mol. The van der Waals surface area contributed by atoms with E-state index in [4.69, 9.17) is 4.74 Å². The molecule has 0 fully saturated rings. The minimum Gasteiger partial charge on any atom is -0.508 e. The van der Waals surface area contributed by atoms with Crippen LogP contribution >= 0.6 is 0 Å². The number of benzene rings is 1. The first-order chi connectivity index (χ1) is 7.97. The smallest absolute Gasteiger partial charge is 0.234 e. The van der Waals surface area contributed by atoms with Gasteiger partial charge in [-0.1, -0.05) is 6.07 Å². The van der Waals surface area contributed by atoms with E-state index >= 15 is 0 Å². The standard InChI is InChI=1S/C11H17NO4S/c1-12(10-5-3-6-11(13)9-10)17(14,15)8-4-7-16-2/h3,5-6,9,13H,4,7-8H2,1-2H3. The third kappa shape index (κ3) is 3.90. The molecule has 1 aromatic carbocycles. The van der Waals surface area contributed by atoms with E-state index in [1.165, 1.54) is 30.6 Å². The van der Waals surface area contributed by atoms with Crippen LogP contribution in [0, 0.1) is 0 Å². The zero-order chi connectivity index (χ0) is 12.9. The SMILES string of the molecule is COCCCS(=O)(=O)N(C)c1cccc(O)c1. The number of nitrogens with zero attached hydrogens (tertiary/aromatic N) is 1. The number of hydrogen-bond acceptors (Lipinski definition) is 4. The highest BCUT2D eigenvalue weighted by Gasteiger charge is 2.17. The third-order valence-corrected chi connectivity index (χ3v) is 4.21. The van der Waals surface area contributed by atoms with Crippen molar-refractivity contribution >= 4 is 15.7 Å². The summed E-state index contributed by atoms with van der Waals surface area (Å²) < 4.78 is 29.8. The summed E-state index contributed by atoms with van der Waals surface area (Å²) in [5, 5.41) is 9.30. The van der Waals surface area contributed by atoms with Crippen molar-refractivity contribution in [3.63, 3.8) is 0 Å². The first kappa shape index (κ1) is 13.8. The molecule has 0 radical (unpaired) electrons. The van der Waals surface area contributed by atoms with Crippen LogP contribution in [0.15, 0.2) is 24.3 Å². The lowest BCUT2D eigenvalue weighted by atomic mass is 10.3. The average molecular weight is 259 g/mol. The monoisotopic (exact) mass is 259 g/mol. The summed E-state index contributed by atoms with van der Waals surface area (Å²) >= 11 is 0. The van der Waals surface area contributed by atoms with Crippen LogP contribution < -0.4 is 4.31 Å². The second kappa shape index (κ2) is 5.88. The largest absolute Gasteiger partial charge is 0.508 e. The molecule has 0 spiro atoms. The molecule has 0 aromatic heterocycles. The molecule has 0 saturated carbocycles. The van der Waals surface area contributed by atoms with Crippen molar-refractivity contribution in [2.24, 2.45) is 0 Å². The number of anilines is 1. The Bertz CT molecular complexity index is 458. The molecule has 1 rings (SSSR count). The van der Waals surface area contributed by atoms with Gasteiger partial charge in [0.1, 0.15) is 5.75 Å². The predicted octanol–water partition coefficient (Wildman–Crippen LogP) is 1.19. The number of hydrogen-bond donors (Lipinski definition) is 1. The van der Waals surface area contributed by atoms with Gasteiger partial charge in [0.25, 0.3) is 0 Å². The van der Waals surface area contributed by atoms with E-state index < -0.39 is 10.0 Å². The first-order valence-corrected chi connectivity index (χ1v) is 6.83. The van der Waals surface area contributed by atoms with Crippen LogP contribution in [0.4, 0.5) is 5.69 Å². The van der Waals surface area contributed by atoms with E-state index in [1.54, 1.807) is 12.1 Å². The van der Waals surface area contributed by atoms with Gasteiger partial charge in [0, 0.05) is 26.8 Å². The molecule has 0 saturated heterocycles. The molecule has 0 aliphatic rings. The first-order valence-electron chi connectivity index (χ1n) is 5.22. The molecule has 17 heavy (non-hydrogen) atoms. The van der Waals surface area contributed by atoms with Crippen LogP contribution in [0.25, 0.3) is 0 Å². The zero-order valence-corrected chi connectivity index (χ0v) is 10.8. The Morgan fingerprint density at radius 1 is 1.41 bits per heavy atom. The average Bonchev–Trinajstić information content (AvgIpc) is 2.28. The highest BCUT2D eigenvalue weighted by atomic mass is 32.2. The van der Waals surface area contributed by atoms with Gasteiger partial charge in [-0.05, 0) is 18.6 Å². The Morgan fingerprint density at radius 3 is 2.71 bits per heavy atom. The summed E-state index contributed by atoms with van der Waals surface area (Å²) in [6, 6.07) is 6.14. The van der Waals surface area contributed by atoms with Crippen molar-refractivity contribution in [3.8, 4) is 5.75 Å². The highest BCUT2D eigenvalue weighted by molar-refractivity contribution is 7.92. The van der Waals surface area contributed by atoms with E-state index in [1.807, 2.05) is 0 Å². The normalized spacial score (nSPS) is 11.4. The summed E-state index contributed by atoms with van der Waals surface area (Å²) in [7, 11) is -0.358. The van der Waals surface area contributed by atoms with Gasteiger partial charge in [-0.15, -0.1) is 0 Å². The van der Waals surface area contributed by atoms with Crippen LogP contribution in [0.1, 0.15) is 6.42 Å². The van der Waals surface area contributed by atoms with Crippen molar-refractivity contribution in [2.75, 3.05) is 30.8 Å². The molecule has 0 amide bonds. The van der Waals surface area contributed by atoms with Gasteiger partial charge in [-0.2, -0.15) is 0 Å². The second-order valence-electron chi connectivity index (χ2n) is 3.65. The fraction of sp³-hybridized carbons (Fsp3) is 0.455. The van der Waals surface area contributed by atoms with Crippen LogP contribution in [0.5, 0.6) is 5.75 Å². The summed E-state index contributed by atoms with van der Waals surface area (Å²) in [5.74, 6) is 0.0638. The summed E-state index contributed by atoms with van der Waals surface area (Å²) in [5.41, 5.74) is 0.447. The van der Waals surface area contributed by atoms with Crippen molar-refractivity contribution in [1.82, 2.24) is 0 Å². The summed E-state index contributed by atoms with van der Waals surface area (Å²) in [6.45, 7) is 0.410. The molecule has 0 bridgehead atoms. The van der Waals surface area contributed by atoms with E-state index in [0.29, 0.717) is 18.7 Å². The minimum atomic E-state index is -3.36. The molecule has 0 heterocycles. The van der Waals surface area contributed by atoms with Crippen molar-refractivity contribution < 1.29 is 18.3 Å². The van der Waals surface area contributed by atoms with Gasteiger partial charge in [0.05, 0.1) is 11.4 Å². The molecule has 96 valence electrons. The van der Waals surface area contributed by atoms with E-state index in [9.17, 15) is 13.5 Å². The molecule has 6 heteroatoms. The van der Waals surface area contributed by atoms with E-state index in [-0.39, 0.29) is 11.5 Å². The van der Waals surface area contributed by atoms with Gasteiger partial charge in [-0.3, -0.25) is 4.31 Å². The Morgan fingerprint density at radius 2 is 2.12 bits per heavy atom. The maximum Gasteiger partial charge on any atom is 0.234 e. The van der Waals surface area contributed by atoms with Crippen molar-refractivity contribution in [2.45, 2.75) is 6.42 Å². The molecular weight excluding hydrogens is 242 g/mol. The topological polar surface area (TPSA) is 66.8 Å². The Kier molecular flexibility index (Phi) is 4.77. The lowest BCUT2D eigenvalue weighted by molar-refractivity contribution is 0.199.